The van der Waals surface area contributed by atoms with Gasteiger partial charge in [0.15, 0.2) is 0 Å². The van der Waals surface area contributed by atoms with Gasteiger partial charge in [0.2, 0.25) is 5.91 Å². The van der Waals surface area contributed by atoms with E-state index in [4.69, 9.17) is 10.00 Å². The summed E-state index contributed by atoms with van der Waals surface area (Å²) >= 11 is 0. The van der Waals surface area contributed by atoms with Crippen molar-refractivity contribution in [2.75, 3.05) is 13.1 Å². The first-order chi connectivity index (χ1) is 14.9. The molecule has 31 heavy (non-hydrogen) atoms. The van der Waals surface area contributed by atoms with Crippen LogP contribution in [0.5, 0.6) is 0 Å². The second-order valence-corrected chi connectivity index (χ2v) is 9.44. The summed E-state index contributed by atoms with van der Waals surface area (Å²) in [5.41, 5.74) is 1.56. The van der Waals surface area contributed by atoms with E-state index in [9.17, 15) is 14.0 Å². The second kappa shape index (κ2) is 8.58. The number of halogens is 1. The normalized spacial score (nSPS) is 32.0. The summed E-state index contributed by atoms with van der Waals surface area (Å²) in [6.45, 7) is 2.42. The smallest absolute Gasteiger partial charge is 0.312 e. The number of ether oxygens (including phenoxy) is 1. The zero-order chi connectivity index (χ0) is 22.1. The molecule has 1 saturated heterocycles. The Hall–Kier alpha value is -2.46. The molecular formula is C24H30FN3O3. The van der Waals surface area contributed by atoms with Crippen LogP contribution in [-0.2, 0) is 20.9 Å². The molecule has 2 atom stereocenters. The summed E-state index contributed by atoms with van der Waals surface area (Å²) in [6.07, 6.45) is 3.66. The van der Waals surface area contributed by atoms with Crippen LogP contribution in [0.15, 0.2) is 24.3 Å². The Morgan fingerprint density at radius 3 is 2.55 bits per heavy atom. The lowest BCUT2D eigenvalue weighted by Crippen LogP contribution is -2.58. The number of benzene rings is 1. The zero-order valence-electron chi connectivity index (χ0n) is 18.0. The zero-order valence-corrected chi connectivity index (χ0v) is 18.0. The fourth-order valence-corrected chi connectivity index (χ4v) is 5.37. The summed E-state index contributed by atoms with van der Waals surface area (Å²) in [5, 5.41) is 12.6. The highest BCUT2D eigenvalue weighted by molar-refractivity contribution is 5.80. The molecule has 2 bridgehead atoms. The molecule has 1 amide bonds. The minimum atomic E-state index is -1.12. The first-order valence-electron chi connectivity index (χ1n) is 11.2. The molecule has 7 heteroatoms. The maximum absolute atomic E-state index is 13.6. The average Bonchev–Trinajstić information content (AvgIpc) is 3.19. The monoisotopic (exact) mass is 427 g/mol. The van der Waals surface area contributed by atoms with Crippen molar-refractivity contribution < 1.29 is 18.7 Å². The topological polar surface area (TPSA) is 82.4 Å². The molecule has 166 valence electrons. The minimum absolute atomic E-state index is 0.00157. The van der Waals surface area contributed by atoms with Crippen molar-refractivity contribution in [2.45, 2.75) is 76.2 Å². The SMILES string of the molecule is Cc1ccccc1COC(=O)C12CCC(NCC(=O)N3CC(F)C[C@H]3C#N)(CC1)CC2. The van der Waals surface area contributed by atoms with Gasteiger partial charge in [-0.3, -0.25) is 9.59 Å². The van der Waals surface area contributed by atoms with E-state index in [2.05, 4.69) is 5.32 Å². The van der Waals surface area contributed by atoms with Gasteiger partial charge in [0, 0.05) is 12.0 Å². The van der Waals surface area contributed by atoms with Crippen LogP contribution >= 0.6 is 0 Å². The summed E-state index contributed by atoms with van der Waals surface area (Å²) < 4.78 is 19.3. The van der Waals surface area contributed by atoms with Gasteiger partial charge < -0.3 is 15.0 Å². The van der Waals surface area contributed by atoms with Gasteiger partial charge in [0.1, 0.15) is 18.8 Å². The summed E-state index contributed by atoms with van der Waals surface area (Å²) in [4.78, 5) is 26.9. The van der Waals surface area contributed by atoms with E-state index in [1.54, 1.807) is 0 Å². The number of alkyl halides is 1. The fourth-order valence-electron chi connectivity index (χ4n) is 5.37. The Balaban J connectivity index is 1.29. The molecule has 0 aromatic heterocycles. The van der Waals surface area contributed by atoms with E-state index in [1.165, 1.54) is 4.90 Å². The molecule has 1 unspecified atom stereocenters. The Morgan fingerprint density at radius 2 is 1.90 bits per heavy atom. The summed E-state index contributed by atoms with van der Waals surface area (Å²) in [6, 6.07) is 9.27. The van der Waals surface area contributed by atoms with Crippen LogP contribution in [0.3, 0.4) is 0 Å². The molecule has 1 aromatic carbocycles. The molecule has 5 rings (SSSR count). The quantitative estimate of drug-likeness (QED) is 0.705. The van der Waals surface area contributed by atoms with Crippen LogP contribution in [0.25, 0.3) is 0 Å². The predicted molar refractivity (Wildman–Crippen MR) is 112 cm³/mol. The van der Waals surface area contributed by atoms with E-state index in [0.717, 1.165) is 49.7 Å². The molecule has 3 saturated carbocycles. The maximum atomic E-state index is 13.6. The molecule has 3 aliphatic carbocycles. The van der Waals surface area contributed by atoms with Crippen molar-refractivity contribution in [3.8, 4) is 6.07 Å². The Kier molecular flexibility index (Phi) is 6.02. The van der Waals surface area contributed by atoms with E-state index >= 15 is 0 Å². The number of amides is 1. The Labute approximate surface area is 182 Å². The van der Waals surface area contributed by atoms with Crippen LogP contribution in [0.1, 0.15) is 56.1 Å². The van der Waals surface area contributed by atoms with Gasteiger partial charge in [-0.05, 0) is 56.6 Å². The van der Waals surface area contributed by atoms with Crippen molar-refractivity contribution in [3.05, 3.63) is 35.4 Å². The number of rotatable bonds is 6. The van der Waals surface area contributed by atoms with Gasteiger partial charge in [0.05, 0.1) is 24.6 Å². The van der Waals surface area contributed by atoms with Gasteiger partial charge in [0.25, 0.3) is 0 Å². The highest BCUT2D eigenvalue weighted by Crippen LogP contribution is 2.53. The third-order valence-electron chi connectivity index (χ3n) is 7.63. The van der Waals surface area contributed by atoms with Gasteiger partial charge >= 0.3 is 5.97 Å². The largest absolute Gasteiger partial charge is 0.460 e. The average molecular weight is 428 g/mol. The minimum Gasteiger partial charge on any atom is -0.460 e. The van der Waals surface area contributed by atoms with Gasteiger partial charge in [-0.2, -0.15) is 5.26 Å². The van der Waals surface area contributed by atoms with Crippen molar-refractivity contribution >= 4 is 11.9 Å². The number of aryl methyl sites for hydroxylation is 1. The molecule has 1 aliphatic heterocycles. The lowest BCUT2D eigenvalue weighted by molar-refractivity contribution is -0.165. The number of esters is 1. The molecule has 4 aliphatic rings. The second-order valence-electron chi connectivity index (χ2n) is 9.44. The molecule has 1 N–H and O–H groups in total. The Morgan fingerprint density at radius 1 is 1.23 bits per heavy atom. The van der Waals surface area contributed by atoms with Crippen molar-refractivity contribution in [1.29, 1.82) is 5.26 Å². The van der Waals surface area contributed by atoms with E-state index < -0.39 is 17.6 Å². The van der Waals surface area contributed by atoms with Crippen LogP contribution < -0.4 is 5.32 Å². The van der Waals surface area contributed by atoms with Gasteiger partial charge in [-0.25, -0.2) is 4.39 Å². The maximum Gasteiger partial charge on any atom is 0.312 e. The van der Waals surface area contributed by atoms with Gasteiger partial charge in [-0.15, -0.1) is 0 Å². The number of nitrogens with zero attached hydrogens (tertiary/aromatic N) is 2. The number of carbonyl (C=O) groups is 2. The fraction of sp³-hybridized carbons (Fsp3) is 0.625. The summed E-state index contributed by atoms with van der Waals surface area (Å²) in [5.74, 6) is -0.329. The van der Waals surface area contributed by atoms with E-state index in [0.29, 0.717) is 6.61 Å². The van der Waals surface area contributed by atoms with Crippen molar-refractivity contribution in [1.82, 2.24) is 10.2 Å². The number of fused-ring (bicyclic) bond motifs is 3. The first kappa shape index (κ1) is 21.8. The standard InChI is InChI=1S/C24H30FN3O3/c1-17-4-2-3-5-18(17)16-31-22(30)23-6-9-24(10-7-23,11-8-23)27-14-21(29)28-15-19(25)12-20(28)13-26/h2-5,19-20,27H,6-12,14-16H2,1H3/t19?,20-,23?,24?/m0/s1. The van der Waals surface area contributed by atoms with Gasteiger partial charge in [-0.1, -0.05) is 24.3 Å². The van der Waals surface area contributed by atoms with E-state index in [-0.39, 0.29) is 36.9 Å². The number of nitriles is 1. The summed E-state index contributed by atoms with van der Waals surface area (Å²) in [7, 11) is 0. The molecule has 0 radical (unpaired) electrons. The van der Waals surface area contributed by atoms with Crippen molar-refractivity contribution in [2.24, 2.45) is 5.41 Å². The van der Waals surface area contributed by atoms with Crippen LogP contribution in [0.4, 0.5) is 4.39 Å². The lowest BCUT2D eigenvalue weighted by atomic mass is 9.57. The number of likely N-dealkylation sites (tertiary alicyclic amines) is 1. The highest BCUT2D eigenvalue weighted by Gasteiger charge is 2.53. The molecule has 0 spiro atoms. The molecule has 1 aromatic rings. The first-order valence-corrected chi connectivity index (χ1v) is 11.2. The number of hydrogen-bond donors (Lipinski definition) is 1. The predicted octanol–water partition coefficient (Wildman–Crippen LogP) is 3.18. The molecular weight excluding hydrogens is 397 g/mol. The van der Waals surface area contributed by atoms with Crippen LogP contribution in [0, 0.1) is 23.7 Å². The van der Waals surface area contributed by atoms with E-state index in [1.807, 2.05) is 37.3 Å². The molecule has 6 nitrogen and oxygen atoms in total. The van der Waals surface area contributed by atoms with Crippen LogP contribution in [-0.4, -0.2) is 47.6 Å². The third-order valence-corrected chi connectivity index (χ3v) is 7.63. The number of hydrogen-bond acceptors (Lipinski definition) is 5. The number of nitrogens with one attached hydrogen (secondary N) is 1. The molecule has 4 fully saturated rings. The lowest BCUT2D eigenvalue weighted by Gasteiger charge is -2.52. The third kappa shape index (κ3) is 4.31. The van der Waals surface area contributed by atoms with Crippen molar-refractivity contribution in [3.63, 3.8) is 0 Å². The molecule has 1 heterocycles. The van der Waals surface area contributed by atoms with Crippen LogP contribution in [0.2, 0.25) is 0 Å². The Bertz CT molecular complexity index is 872. The number of carbonyl (C=O) groups excluding carboxylic acids is 2. The highest BCUT2D eigenvalue weighted by atomic mass is 19.1.